The molecular formula is C17H24N2O4. The second-order valence-corrected chi connectivity index (χ2v) is 5.52. The molecule has 0 radical (unpaired) electrons. The number of aliphatic carboxylic acids is 1. The van der Waals surface area contributed by atoms with E-state index in [0.29, 0.717) is 32.5 Å². The van der Waals surface area contributed by atoms with E-state index in [1.807, 2.05) is 36.1 Å². The highest BCUT2D eigenvalue weighted by Crippen LogP contribution is 2.28. The van der Waals surface area contributed by atoms with Gasteiger partial charge in [-0.2, -0.15) is 0 Å². The van der Waals surface area contributed by atoms with Crippen LogP contribution in [-0.2, 0) is 9.59 Å². The van der Waals surface area contributed by atoms with Crippen molar-refractivity contribution in [1.82, 2.24) is 4.90 Å². The van der Waals surface area contributed by atoms with Crippen LogP contribution in [0.15, 0.2) is 24.3 Å². The monoisotopic (exact) mass is 320 g/mol. The first kappa shape index (κ1) is 17.1. The lowest BCUT2D eigenvalue weighted by molar-refractivity contribution is -0.137. The standard InChI is InChI=1S/C17H24N2O4/c1-2-23-15-7-4-3-6-14(15)18-10-12-19(13-11-18)16(20)8-5-9-17(21)22/h3-4,6-7H,2,5,8-13H2,1H3,(H,21,22). The number of amides is 1. The Bertz CT molecular complexity index is 539. The maximum Gasteiger partial charge on any atom is 0.303 e. The van der Waals surface area contributed by atoms with Gasteiger partial charge in [0.1, 0.15) is 5.75 Å². The maximum absolute atomic E-state index is 12.1. The van der Waals surface area contributed by atoms with Crippen LogP contribution >= 0.6 is 0 Å². The van der Waals surface area contributed by atoms with Crippen LogP contribution in [0.4, 0.5) is 5.69 Å². The molecule has 1 aromatic rings. The number of para-hydroxylation sites is 2. The summed E-state index contributed by atoms with van der Waals surface area (Å²) in [7, 11) is 0. The summed E-state index contributed by atoms with van der Waals surface area (Å²) in [5.74, 6) is 0.0652. The largest absolute Gasteiger partial charge is 0.492 e. The van der Waals surface area contributed by atoms with Gasteiger partial charge in [-0.3, -0.25) is 9.59 Å². The Kier molecular flexibility index (Phi) is 6.26. The number of carboxylic acid groups (broad SMARTS) is 1. The van der Waals surface area contributed by atoms with Gasteiger partial charge >= 0.3 is 5.97 Å². The van der Waals surface area contributed by atoms with Crippen molar-refractivity contribution in [3.63, 3.8) is 0 Å². The number of carbonyl (C=O) groups is 2. The van der Waals surface area contributed by atoms with Crippen molar-refractivity contribution in [2.24, 2.45) is 0 Å². The molecule has 126 valence electrons. The Morgan fingerprint density at radius 3 is 2.48 bits per heavy atom. The van der Waals surface area contributed by atoms with E-state index in [4.69, 9.17) is 9.84 Å². The number of hydrogen-bond acceptors (Lipinski definition) is 4. The second kappa shape index (κ2) is 8.41. The minimum atomic E-state index is -0.852. The summed E-state index contributed by atoms with van der Waals surface area (Å²) < 4.78 is 5.66. The predicted octanol–water partition coefficient (Wildman–Crippen LogP) is 1.99. The van der Waals surface area contributed by atoms with E-state index in [-0.39, 0.29) is 12.3 Å². The first-order valence-electron chi connectivity index (χ1n) is 8.08. The molecule has 0 spiro atoms. The number of hydrogen-bond donors (Lipinski definition) is 1. The fraction of sp³-hybridized carbons (Fsp3) is 0.529. The normalized spacial score (nSPS) is 14.7. The summed E-state index contributed by atoms with van der Waals surface area (Å²) >= 11 is 0. The van der Waals surface area contributed by atoms with E-state index >= 15 is 0 Å². The van der Waals surface area contributed by atoms with Crippen LogP contribution < -0.4 is 9.64 Å². The van der Waals surface area contributed by atoms with Crippen molar-refractivity contribution in [2.75, 3.05) is 37.7 Å². The van der Waals surface area contributed by atoms with Gasteiger partial charge in [0.15, 0.2) is 0 Å². The third-order valence-corrected chi connectivity index (χ3v) is 3.92. The van der Waals surface area contributed by atoms with Crippen molar-refractivity contribution in [3.05, 3.63) is 24.3 Å². The summed E-state index contributed by atoms with van der Waals surface area (Å²) in [5.41, 5.74) is 1.06. The van der Waals surface area contributed by atoms with Gasteiger partial charge < -0.3 is 19.6 Å². The summed E-state index contributed by atoms with van der Waals surface area (Å²) in [4.78, 5) is 26.6. The Hall–Kier alpha value is -2.24. The van der Waals surface area contributed by atoms with E-state index in [9.17, 15) is 9.59 Å². The van der Waals surface area contributed by atoms with Crippen LogP contribution in [0.25, 0.3) is 0 Å². The predicted molar refractivity (Wildman–Crippen MR) is 87.9 cm³/mol. The number of benzene rings is 1. The summed E-state index contributed by atoms with van der Waals surface area (Å²) in [6.07, 6.45) is 0.761. The van der Waals surface area contributed by atoms with Gasteiger partial charge in [0.05, 0.1) is 12.3 Å². The topological polar surface area (TPSA) is 70.1 Å². The zero-order valence-electron chi connectivity index (χ0n) is 13.5. The average molecular weight is 320 g/mol. The second-order valence-electron chi connectivity index (χ2n) is 5.52. The van der Waals surface area contributed by atoms with Crippen LogP contribution in [0.2, 0.25) is 0 Å². The smallest absolute Gasteiger partial charge is 0.303 e. The Balaban J connectivity index is 1.86. The number of anilines is 1. The average Bonchev–Trinajstić information content (AvgIpc) is 2.55. The summed E-state index contributed by atoms with van der Waals surface area (Å²) in [6, 6.07) is 7.94. The lowest BCUT2D eigenvalue weighted by Crippen LogP contribution is -2.48. The van der Waals surface area contributed by atoms with E-state index in [0.717, 1.165) is 24.5 Å². The summed E-state index contributed by atoms with van der Waals surface area (Å²) in [6.45, 7) is 5.42. The molecule has 23 heavy (non-hydrogen) atoms. The van der Waals surface area contributed by atoms with Gasteiger partial charge in [0, 0.05) is 39.0 Å². The van der Waals surface area contributed by atoms with E-state index in [1.54, 1.807) is 0 Å². The number of ether oxygens (including phenoxy) is 1. The molecule has 1 N–H and O–H groups in total. The molecule has 1 fully saturated rings. The molecule has 0 aromatic heterocycles. The van der Waals surface area contributed by atoms with Crippen molar-refractivity contribution >= 4 is 17.6 Å². The number of piperazine rings is 1. The molecule has 1 aliphatic heterocycles. The highest BCUT2D eigenvalue weighted by molar-refractivity contribution is 5.77. The molecule has 0 bridgehead atoms. The van der Waals surface area contributed by atoms with Crippen molar-refractivity contribution in [2.45, 2.75) is 26.2 Å². The quantitative estimate of drug-likeness (QED) is 0.832. The lowest BCUT2D eigenvalue weighted by Gasteiger charge is -2.36. The minimum absolute atomic E-state index is 0.0454. The van der Waals surface area contributed by atoms with Crippen LogP contribution in [-0.4, -0.2) is 54.7 Å². The number of nitrogens with zero attached hydrogens (tertiary/aromatic N) is 2. The molecule has 1 aromatic carbocycles. The Morgan fingerprint density at radius 1 is 1.13 bits per heavy atom. The fourth-order valence-corrected chi connectivity index (χ4v) is 2.74. The van der Waals surface area contributed by atoms with Gasteiger partial charge in [-0.1, -0.05) is 12.1 Å². The van der Waals surface area contributed by atoms with Crippen LogP contribution in [0.3, 0.4) is 0 Å². The molecule has 6 heteroatoms. The van der Waals surface area contributed by atoms with Gasteiger partial charge in [-0.05, 0) is 25.5 Å². The summed E-state index contributed by atoms with van der Waals surface area (Å²) in [5, 5.41) is 8.62. The van der Waals surface area contributed by atoms with Gasteiger partial charge in [-0.15, -0.1) is 0 Å². The number of carboxylic acids is 1. The van der Waals surface area contributed by atoms with Crippen molar-refractivity contribution < 1.29 is 19.4 Å². The number of rotatable bonds is 7. The Labute approximate surface area is 136 Å². The van der Waals surface area contributed by atoms with Crippen molar-refractivity contribution in [1.29, 1.82) is 0 Å². The third-order valence-electron chi connectivity index (χ3n) is 3.92. The van der Waals surface area contributed by atoms with E-state index in [2.05, 4.69) is 4.90 Å². The molecule has 2 rings (SSSR count). The lowest BCUT2D eigenvalue weighted by atomic mass is 10.2. The van der Waals surface area contributed by atoms with Gasteiger partial charge in [-0.25, -0.2) is 0 Å². The fourth-order valence-electron chi connectivity index (χ4n) is 2.74. The third kappa shape index (κ3) is 4.87. The minimum Gasteiger partial charge on any atom is -0.492 e. The van der Waals surface area contributed by atoms with Crippen LogP contribution in [0.1, 0.15) is 26.2 Å². The molecule has 0 unspecified atom stereocenters. The molecule has 0 atom stereocenters. The maximum atomic E-state index is 12.1. The van der Waals surface area contributed by atoms with Crippen LogP contribution in [0.5, 0.6) is 5.75 Å². The van der Waals surface area contributed by atoms with E-state index in [1.165, 1.54) is 0 Å². The molecule has 1 saturated heterocycles. The molecule has 0 saturated carbocycles. The van der Waals surface area contributed by atoms with Crippen LogP contribution in [0, 0.1) is 0 Å². The molecule has 0 aliphatic carbocycles. The molecular weight excluding hydrogens is 296 g/mol. The Morgan fingerprint density at radius 2 is 1.83 bits per heavy atom. The molecule has 6 nitrogen and oxygen atoms in total. The number of carbonyl (C=O) groups excluding carboxylic acids is 1. The highest BCUT2D eigenvalue weighted by Gasteiger charge is 2.22. The molecule has 1 aliphatic rings. The van der Waals surface area contributed by atoms with Gasteiger partial charge in [0.2, 0.25) is 5.91 Å². The van der Waals surface area contributed by atoms with E-state index < -0.39 is 5.97 Å². The molecule has 1 amide bonds. The zero-order valence-corrected chi connectivity index (χ0v) is 13.5. The van der Waals surface area contributed by atoms with Gasteiger partial charge in [0.25, 0.3) is 0 Å². The molecule has 1 heterocycles. The SMILES string of the molecule is CCOc1ccccc1N1CCN(C(=O)CCCC(=O)O)CC1. The zero-order chi connectivity index (χ0) is 16.7. The van der Waals surface area contributed by atoms with Crippen molar-refractivity contribution in [3.8, 4) is 5.75 Å². The first-order chi connectivity index (χ1) is 11.1. The highest BCUT2D eigenvalue weighted by atomic mass is 16.5. The first-order valence-corrected chi connectivity index (χ1v) is 8.08.